The van der Waals surface area contributed by atoms with Crippen LogP contribution in [0.5, 0.6) is 0 Å². The van der Waals surface area contributed by atoms with Crippen LogP contribution in [-0.4, -0.2) is 76.9 Å². The van der Waals surface area contributed by atoms with Gasteiger partial charge in [-0.05, 0) is 51.0 Å². The Morgan fingerprint density at radius 3 is 2.30 bits per heavy atom. The quantitative estimate of drug-likeness (QED) is 0.162. The van der Waals surface area contributed by atoms with Crippen molar-refractivity contribution in [2.75, 3.05) is 13.1 Å². The summed E-state index contributed by atoms with van der Waals surface area (Å²) in [7, 11) is 0. The van der Waals surface area contributed by atoms with Crippen molar-refractivity contribution in [3.63, 3.8) is 0 Å². The number of hydrogen-bond donors (Lipinski definition) is 6. The number of rotatable bonds is 14. The van der Waals surface area contributed by atoms with Crippen molar-refractivity contribution in [3.8, 4) is 0 Å². The summed E-state index contributed by atoms with van der Waals surface area (Å²) in [4.78, 5) is 62.5. The molecule has 4 amide bonds. The van der Waals surface area contributed by atoms with Gasteiger partial charge in [0.2, 0.25) is 23.6 Å². The average Bonchev–Trinajstić information content (AvgIpc) is 3.21. The molecule has 9 N–H and O–H groups in total. The third-order valence-corrected chi connectivity index (χ3v) is 5.48. The van der Waals surface area contributed by atoms with Gasteiger partial charge >= 0.3 is 5.97 Å². The number of primary amides is 1. The third-order valence-electron chi connectivity index (χ3n) is 5.48. The number of nitrogens with two attached hydrogens (primary N) is 3. The van der Waals surface area contributed by atoms with E-state index in [0.29, 0.717) is 45.2 Å². The van der Waals surface area contributed by atoms with Crippen LogP contribution in [0.4, 0.5) is 0 Å². The Labute approximate surface area is 194 Å². The number of unbranched alkanes of at least 4 members (excludes halogenated alkanes) is 1. The van der Waals surface area contributed by atoms with E-state index in [0.717, 1.165) is 0 Å². The molecule has 0 saturated carbocycles. The molecule has 1 heterocycles. The predicted molar refractivity (Wildman–Crippen MR) is 120 cm³/mol. The van der Waals surface area contributed by atoms with Crippen molar-refractivity contribution in [2.45, 2.75) is 83.0 Å². The van der Waals surface area contributed by atoms with E-state index in [4.69, 9.17) is 17.2 Å². The van der Waals surface area contributed by atoms with Gasteiger partial charge in [-0.3, -0.25) is 19.2 Å². The first-order chi connectivity index (χ1) is 15.5. The van der Waals surface area contributed by atoms with Crippen molar-refractivity contribution in [1.82, 2.24) is 15.5 Å². The minimum atomic E-state index is -1.19. The second-order valence-electron chi connectivity index (χ2n) is 8.84. The molecule has 1 fully saturated rings. The fourth-order valence-corrected chi connectivity index (χ4v) is 3.80. The molecule has 1 aliphatic rings. The van der Waals surface area contributed by atoms with Crippen molar-refractivity contribution in [3.05, 3.63) is 0 Å². The number of likely N-dealkylation sites (tertiary alicyclic amines) is 1. The Kier molecular flexibility index (Phi) is 11.8. The molecule has 1 saturated heterocycles. The summed E-state index contributed by atoms with van der Waals surface area (Å²) in [5.74, 6) is -3.51. The van der Waals surface area contributed by atoms with Crippen LogP contribution in [0, 0.1) is 5.92 Å². The summed E-state index contributed by atoms with van der Waals surface area (Å²) in [6.07, 6.45) is 2.33. The lowest BCUT2D eigenvalue weighted by Crippen LogP contribution is -2.57. The fraction of sp³-hybridized carbons (Fsp3) is 0.762. The van der Waals surface area contributed by atoms with Gasteiger partial charge in [0.25, 0.3) is 0 Å². The molecule has 4 atom stereocenters. The smallest absolute Gasteiger partial charge is 0.326 e. The monoisotopic (exact) mass is 470 g/mol. The minimum absolute atomic E-state index is 0.0421. The Balaban J connectivity index is 2.91. The van der Waals surface area contributed by atoms with Crippen LogP contribution in [-0.2, 0) is 24.0 Å². The number of amides is 4. The summed E-state index contributed by atoms with van der Waals surface area (Å²) in [6, 6.07) is -4.03. The zero-order chi connectivity index (χ0) is 25.1. The van der Waals surface area contributed by atoms with Crippen LogP contribution >= 0.6 is 0 Å². The first kappa shape index (κ1) is 28.3. The van der Waals surface area contributed by atoms with Gasteiger partial charge < -0.3 is 37.8 Å². The van der Waals surface area contributed by atoms with E-state index in [9.17, 15) is 29.1 Å². The number of nitrogens with zero attached hydrogens (tertiary/aromatic N) is 1. The summed E-state index contributed by atoms with van der Waals surface area (Å²) in [5.41, 5.74) is 16.2. The van der Waals surface area contributed by atoms with Crippen molar-refractivity contribution in [2.24, 2.45) is 23.1 Å². The van der Waals surface area contributed by atoms with Crippen molar-refractivity contribution >= 4 is 29.6 Å². The predicted octanol–water partition coefficient (Wildman–Crippen LogP) is -1.59. The van der Waals surface area contributed by atoms with E-state index in [2.05, 4.69) is 10.6 Å². The molecule has 4 unspecified atom stereocenters. The van der Waals surface area contributed by atoms with E-state index in [1.54, 1.807) is 0 Å². The lowest BCUT2D eigenvalue weighted by atomic mass is 10.0. The standard InChI is InChI=1S/C21H38N6O6/c1-12(2)10-15(26-18(29)13(23)11-17(24)28)20(31)27-9-5-7-16(27)19(30)25-14(21(32)33)6-3-4-8-22/h12-16H,3-11,22-23H2,1-2H3,(H2,24,28)(H,25,30)(H,26,29)(H,32,33). The first-order valence-electron chi connectivity index (χ1n) is 11.4. The van der Waals surface area contributed by atoms with E-state index in [-0.39, 0.29) is 18.8 Å². The van der Waals surface area contributed by atoms with Gasteiger partial charge in [-0.2, -0.15) is 0 Å². The van der Waals surface area contributed by atoms with Gasteiger partial charge in [-0.25, -0.2) is 4.79 Å². The number of nitrogens with one attached hydrogen (secondary N) is 2. The topological polar surface area (TPSA) is 211 Å². The average molecular weight is 471 g/mol. The first-order valence-corrected chi connectivity index (χ1v) is 11.4. The SMILES string of the molecule is CC(C)CC(NC(=O)C(N)CC(N)=O)C(=O)N1CCCC1C(=O)NC(CCCCN)C(=O)O. The van der Waals surface area contributed by atoms with Crippen molar-refractivity contribution < 1.29 is 29.1 Å². The molecule has 0 spiro atoms. The zero-order valence-electron chi connectivity index (χ0n) is 19.4. The van der Waals surface area contributed by atoms with Gasteiger partial charge in [-0.1, -0.05) is 13.8 Å². The molecule has 0 bridgehead atoms. The maximum atomic E-state index is 13.3. The molecular weight excluding hydrogens is 432 g/mol. The maximum Gasteiger partial charge on any atom is 0.326 e. The van der Waals surface area contributed by atoms with Gasteiger partial charge in [0, 0.05) is 6.54 Å². The van der Waals surface area contributed by atoms with Crippen LogP contribution in [0.2, 0.25) is 0 Å². The molecule has 0 radical (unpaired) electrons. The highest BCUT2D eigenvalue weighted by Gasteiger charge is 2.39. The molecule has 0 aromatic carbocycles. The normalized spacial score (nSPS) is 18.5. The summed E-state index contributed by atoms with van der Waals surface area (Å²) >= 11 is 0. The second-order valence-corrected chi connectivity index (χ2v) is 8.84. The maximum absolute atomic E-state index is 13.3. The lowest BCUT2D eigenvalue weighted by molar-refractivity contribution is -0.145. The molecule has 0 aliphatic carbocycles. The van der Waals surface area contributed by atoms with Crippen molar-refractivity contribution in [1.29, 1.82) is 0 Å². The highest BCUT2D eigenvalue weighted by atomic mass is 16.4. The minimum Gasteiger partial charge on any atom is -0.480 e. The number of carboxylic acids is 1. The van der Waals surface area contributed by atoms with Gasteiger partial charge in [-0.15, -0.1) is 0 Å². The Hall–Kier alpha value is -2.73. The Morgan fingerprint density at radius 2 is 1.76 bits per heavy atom. The molecule has 12 heteroatoms. The van der Waals surface area contributed by atoms with Gasteiger partial charge in [0.1, 0.15) is 18.1 Å². The number of hydrogen-bond acceptors (Lipinski definition) is 7. The third kappa shape index (κ3) is 9.34. The Bertz CT molecular complexity index is 715. The molecule has 188 valence electrons. The summed E-state index contributed by atoms with van der Waals surface area (Å²) < 4.78 is 0. The van der Waals surface area contributed by atoms with Crippen LogP contribution in [0.25, 0.3) is 0 Å². The van der Waals surface area contributed by atoms with E-state index in [1.165, 1.54) is 4.90 Å². The van der Waals surface area contributed by atoms with E-state index < -0.39 is 53.8 Å². The summed E-state index contributed by atoms with van der Waals surface area (Å²) in [5, 5.41) is 14.5. The number of carbonyl (C=O) groups is 5. The van der Waals surface area contributed by atoms with E-state index >= 15 is 0 Å². The molecule has 33 heavy (non-hydrogen) atoms. The van der Waals surface area contributed by atoms with Crippen LogP contribution in [0.15, 0.2) is 0 Å². The Morgan fingerprint density at radius 1 is 1.09 bits per heavy atom. The highest BCUT2D eigenvalue weighted by molar-refractivity contribution is 5.95. The molecule has 12 nitrogen and oxygen atoms in total. The van der Waals surface area contributed by atoms with E-state index in [1.807, 2.05) is 13.8 Å². The lowest BCUT2D eigenvalue weighted by Gasteiger charge is -2.30. The van der Waals surface area contributed by atoms with Crippen LogP contribution in [0.3, 0.4) is 0 Å². The molecule has 1 rings (SSSR count). The zero-order valence-corrected chi connectivity index (χ0v) is 19.4. The summed E-state index contributed by atoms with van der Waals surface area (Å²) in [6.45, 7) is 4.49. The fourth-order valence-electron chi connectivity index (χ4n) is 3.80. The molecule has 0 aromatic heterocycles. The second kappa shape index (κ2) is 13.7. The number of carboxylic acid groups (broad SMARTS) is 1. The number of aliphatic carboxylic acids is 1. The van der Waals surface area contributed by atoms with Crippen LogP contribution < -0.4 is 27.8 Å². The highest BCUT2D eigenvalue weighted by Crippen LogP contribution is 2.21. The molecular formula is C21H38N6O6. The van der Waals surface area contributed by atoms with Gasteiger partial charge in [0.05, 0.1) is 12.5 Å². The van der Waals surface area contributed by atoms with Crippen LogP contribution in [0.1, 0.15) is 58.8 Å². The molecule has 1 aliphatic heterocycles. The van der Waals surface area contributed by atoms with Gasteiger partial charge in [0.15, 0.2) is 0 Å². The molecule has 0 aromatic rings. The largest absolute Gasteiger partial charge is 0.480 e. The number of carbonyl (C=O) groups excluding carboxylic acids is 4.